The molecule has 1 aromatic carbocycles. The number of rotatable bonds is 4. The van der Waals surface area contributed by atoms with Gasteiger partial charge >= 0.3 is 5.97 Å². The van der Waals surface area contributed by atoms with Gasteiger partial charge in [0.05, 0.1) is 4.47 Å². The lowest BCUT2D eigenvalue weighted by Gasteiger charge is -2.05. The van der Waals surface area contributed by atoms with Crippen LogP contribution in [0.4, 0.5) is 0 Å². The van der Waals surface area contributed by atoms with Gasteiger partial charge in [0.25, 0.3) is 0 Å². The number of benzene rings is 1. The molecule has 0 aliphatic carbocycles. The van der Waals surface area contributed by atoms with E-state index in [1.54, 1.807) is 12.1 Å². The Hall–Kier alpha value is -1.13. The average molecular weight is 284 g/mol. The lowest BCUT2D eigenvalue weighted by Crippen LogP contribution is -2.12. The van der Waals surface area contributed by atoms with E-state index in [0.717, 1.165) is 4.47 Å². The molecule has 0 aliphatic rings. The highest BCUT2D eigenvalue weighted by atomic mass is 79.9. The SMILES string of the molecule is CN(C)CC=CC(=O)Oc1ccccc1Br. The van der Waals surface area contributed by atoms with Crippen LogP contribution >= 0.6 is 15.9 Å². The third-order valence-corrected chi connectivity index (χ3v) is 2.43. The molecule has 1 aromatic rings. The van der Waals surface area contributed by atoms with E-state index in [0.29, 0.717) is 12.3 Å². The first-order chi connectivity index (χ1) is 7.59. The number of ether oxygens (including phenoxy) is 1. The molecule has 0 heterocycles. The zero-order valence-corrected chi connectivity index (χ0v) is 10.9. The summed E-state index contributed by atoms with van der Waals surface area (Å²) in [6.45, 7) is 0.713. The van der Waals surface area contributed by atoms with E-state index < -0.39 is 0 Å². The minimum atomic E-state index is -0.367. The maximum Gasteiger partial charge on any atom is 0.335 e. The minimum absolute atomic E-state index is 0.367. The van der Waals surface area contributed by atoms with Gasteiger partial charge in [-0.1, -0.05) is 18.2 Å². The summed E-state index contributed by atoms with van der Waals surface area (Å²) in [4.78, 5) is 13.4. The first kappa shape index (κ1) is 12.9. The molecule has 86 valence electrons. The van der Waals surface area contributed by atoms with E-state index in [1.807, 2.05) is 37.2 Å². The van der Waals surface area contributed by atoms with Crippen molar-refractivity contribution >= 4 is 21.9 Å². The molecule has 0 unspecified atom stereocenters. The van der Waals surface area contributed by atoms with Crippen molar-refractivity contribution in [3.05, 3.63) is 40.9 Å². The van der Waals surface area contributed by atoms with Gasteiger partial charge in [0.15, 0.2) is 0 Å². The quantitative estimate of drug-likeness (QED) is 0.483. The monoisotopic (exact) mass is 283 g/mol. The Morgan fingerprint density at radius 1 is 1.44 bits per heavy atom. The number of carbonyl (C=O) groups excluding carboxylic acids is 1. The molecule has 0 atom stereocenters. The van der Waals surface area contributed by atoms with Crippen molar-refractivity contribution in [1.82, 2.24) is 4.90 Å². The summed E-state index contributed by atoms with van der Waals surface area (Å²) < 4.78 is 5.90. The van der Waals surface area contributed by atoms with Crippen molar-refractivity contribution in [3.8, 4) is 5.75 Å². The Labute approximate surface area is 104 Å². The van der Waals surface area contributed by atoms with Crippen LogP contribution in [0.25, 0.3) is 0 Å². The summed E-state index contributed by atoms with van der Waals surface area (Å²) >= 11 is 3.31. The highest BCUT2D eigenvalue weighted by Crippen LogP contribution is 2.23. The minimum Gasteiger partial charge on any atom is -0.422 e. The summed E-state index contributed by atoms with van der Waals surface area (Å²) in [5.41, 5.74) is 0. The molecule has 0 radical (unpaired) electrons. The van der Waals surface area contributed by atoms with Gasteiger partial charge in [0.1, 0.15) is 5.75 Å². The number of carbonyl (C=O) groups is 1. The van der Waals surface area contributed by atoms with Gasteiger partial charge in [-0.3, -0.25) is 0 Å². The Kier molecular flexibility index (Phi) is 5.22. The van der Waals surface area contributed by atoms with Crippen LogP contribution < -0.4 is 4.74 Å². The predicted molar refractivity (Wildman–Crippen MR) is 67.5 cm³/mol. The second-order valence-electron chi connectivity index (χ2n) is 3.52. The molecule has 0 saturated heterocycles. The van der Waals surface area contributed by atoms with E-state index in [-0.39, 0.29) is 5.97 Å². The Morgan fingerprint density at radius 3 is 2.75 bits per heavy atom. The summed E-state index contributed by atoms with van der Waals surface area (Å²) in [6, 6.07) is 7.24. The van der Waals surface area contributed by atoms with Gasteiger partial charge < -0.3 is 9.64 Å². The largest absolute Gasteiger partial charge is 0.422 e. The first-order valence-corrected chi connectivity index (χ1v) is 5.66. The Morgan fingerprint density at radius 2 is 2.12 bits per heavy atom. The van der Waals surface area contributed by atoms with Crippen molar-refractivity contribution in [2.24, 2.45) is 0 Å². The van der Waals surface area contributed by atoms with Crippen molar-refractivity contribution in [1.29, 1.82) is 0 Å². The van der Waals surface area contributed by atoms with Crippen LogP contribution in [0.5, 0.6) is 5.75 Å². The standard InChI is InChI=1S/C12H14BrNO2/c1-14(2)9-5-8-12(15)16-11-7-4-3-6-10(11)13/h3-8H,9H2,1-2H3. The molecule has 16 heavy (non-hydrogen) atoms. The van der Waals surface area contributed by atoms with Gasteiger partial charge in [-0.15, -0.1) is 0 Å². The van der Waals surface area contributed by atoms with Gasteiger partial charge in [-0.05, 0) is 42.2 Å². The predicted octanol–water partition coefficient (Wildman–Crippen LogP) is 2.47. The molecule has 0 fully saturated rings. The summed E-state index contributed by atoms with van der Waals surface area (Å²) in [5.74, 6) is 0.163. The second kappa shape index (κ2) is 6.45. The van der Waals surface area contributed by atoms with E-state index in [9.17, 15) is 4.79 Å². The van der Waals surface area contributed by atoms with Gasteiger partial charge in [-0.2, -0.15) is 0 Å². The van der Waals surface area contributed by atoms with Crippen LogP contribution in [0.3, 0.4) is 0 Å². The highest BCUT2D eigenvalue weighted by molar-refractivity contribution is 9.10. The molecule has 1 rings (SSSR count). The summed E-state index contributed by atoms with van der Waals surface area (Å²) in [7, 11) is 3.87. The van der Waals surface area contributed by atoms with Crippen molar-refractivity contribution < 1.29 is 9.53 Å². The van der Waals surface area contributed by atoms with Gasteiger partial charge in [0, 0.05) is 12.6 Å². The fraction of sp³-hybridized carbons (Fsp3) is 0.250. The summed E-state index contributed by atoms with van der Waals surface area (Å²) in [5, 5.41) is 0. The van der Waals surface area contributed by atoms with Crippen LogP contribution in [0.15, 0.2) is 40.9 Å². The van der Waals surface area contributed by atoms with E-state index in [2.05, 4.69) is 15.9 Å². The lowest BCUT2D eigenvalue weighted by atomic mass is 10.3. The van der Waals surface area contributed by atoms with Crippen LogP contribution in [0.2, 0.25) is 0 Å². The highest BCUT2D eigenvalue weighted by Gasteiger charge is 2.03. The molecule has 4 heteroatoms. The molecule has 0 aliphatic heterocycles. The smallest absolute Gasteiger partial charge is 0.335 e. The molecule has 0 bridgehead atoms. The lowest BCUT2D eigenvalue weighted by molar-refractivity contribution is -0.129. The first-order valence-electron chi connectivity index (χ1n) is 4.87. The molecular weight excluding hydrogens is 270 g/mol. The molecule has 0 amide bonds. The van der Waals surface area contributed by atoms with Crippen molar-refractivity contribution in [3.63, 3.8) is 0 Å². The Balaban J connectivity index is 2.52. The van der Waals surface area contributed by atoms with Crippen molar-refractivity contribution in [2.45, 2.75) is 0 Å². The maximum atomic E-state index is 11.4. The molecule has 3 nitrogen and oxygen atoms in total. The van der Waals surface area contributed by atoms with E-state index in [1.165, 1.54) is 6.08 Å². The molecule has 0 saturated carbocycles. The molecule has 0 spiro atoms. The molecule has 0 N–H and O–H groups in total. The third-order valence-electron chi connectivity index (χ3n) is 1.77. The number of esters is 1. The fourth-order valence-electron chi connectivity index (χ4n) is 1.03. The van der Waals surface area contributed by atoms with Gasteiger partial charge in [0.2, 0.25) is 0 Å². The fourth-order valence-corrected chi connectivity index (χ4v) is 1.40. The van der Waals surface area contributed by atoms with Crippen LogP contribution in [-0.2, 0) is 4.79 Å². The topological polar surface area (TPSA) is 29.5 Å². The third kappa shape index (κ3) is 4.59. The number of likely N-dealkylation sites (N-methyl/N-ethyl adjacent to an activating group) is 1. The van der Waals surface area contributed by atoms with E-state index in [4.69, 9.17) is 4.74 Å². The maximum absolute atomic E-state index is 11.4. The number of hydrogen-bond donors (Lipinski definition) is 0. The Bertz CT molecular complexity index is 388. The van der Waals surface area contributed by atoms with Crippen molar-refractivity contribution in [2.75, 3.05) is 20.6 Å². The van der Waals surface area contributed by atoms with Crippen LogP contribution in [0, 0.1) is 0 Å². The number of halogens is 1. The summed E-state index contributed by atoms with van der Waals surface area (Å²) in [6.07, 6.45) is 3.19. The zero-order chi connectivity index (χ0) is 12.0. The van der Waals surface area contributed by atoms with Gasteiger partial charge in [-0.25, -0.2) is 4.79 Å². The number of nitrogens with zero attached hydrogens (tertiary/aromatic N) is 1. The van der Waals surface area contributed by atoms with Crippen LogP contribution in [0.1, 0.15) is 0 Å². The van der Waals surface area contributed by atoms with Crippen LogP contribution in [-0.4, -0.2) is 31.5 Å². The normalized spacial score (nSPS) is 11.0. The number of hydrogen-bond acceptors (Lipinski definition) is 3. The number of para-hydroxylation sites is 1. The second-order valence-corrected chi connectivity index (χ2v) is 4.37. The molecular formula is C12H14BrNO2. The van der Waals surface area contributed by atoms with E-state index >= 15 is 0 Å². The average Bonchev–Trinajstić information content (AvgIpc) is 2.21. The zero-order valence-electron chi connectivity index (χ0n) is 9.31. The molecule has 0 aromatic heterocycles.